The van der Waals surface area contributed by atoms with E-state index in [0.29, 0.717) is 5.71 Å². The minimum atomic E-state index is -0.351. The van der Waals surface area contributed by atoms with Crippen LogP contribution in [0.3, 0.4) is 0 Å². The van der Waals surface area contributed by atoms with Crippen LogP contribution in [-0.2, 0) is 4.79 Å². The molecule has 0 radical (unpaired) electrons. The Hall–Kier alpha value is -4.07. The predicted octanol–water partition coefficient (Wildman–Crippen LogP) is 3.47. The second-order valence-corrected chi connectivity index (χ2v) is 7.17. The van der Waals surface area contributed by atoms with Crippen molar-refractivity contribution in [1.29, 1.82) is 0 Å². The molecule has 1 N–H and O–H groups in total. The van der Waals surface area contributed by atoms with Gasteiger partial charge >= 0.3 is 0 Å². The van der Waals surface area contributed by atoms with Crippen molar-refractivity contribution in [2.24, 2.45) is 5.10 Å². The second kappa shape index (κ2) is 8.74. The lowest BCUT2D eigenvalue weighted by Gasteiger charge is -2.12. The average Bonchev–Trinajstić information content (AvgIpc) is 3.36. The van der Waals surface area contributed by atoms with Gasteiger partial charge in [-0.1, -0.05) is 36.4 Å². The Bertz CT molecular complexity index is 1250. The molecular formula is C23H22N6O2. The highest BCUT2D eigenvalue weighted by Crippen LogP contribution is 2.25. The standard InChI is InChI=1S/C23H22N6O2/c1-15(17-7-8-20-13-22(31-3)10-9-19(20)11-17)23(30)26-25-16(2)18-5-4-6-21(12-18)29-14-24-27-28-29/h4-15H,1-3H3,(H,26,30)/b25-16+. The highest BCUT2D eigenvalue weighted by molar-refractivity contribution is 6.00. The fourth-order valence-corrected chi connectivity index (χ4v) is 3.24. The summed E-state index contributed by atoms with van der Waals surface area (Å²) in [5, 5.41) is 17.6. The van der Waals surface area contributed by atoms with Crippen LogP contribution in [0.25, 0.3) is 16.5 Å². The first kappa shape index (κ1) is 20.2. The lowest BCUT2D eigenvalue weighted by molar-refractivity contribution is -0.122. The molecular weight excluding hydrogens is 392 g/mol. The summed E-state index contributed by atoms with van der Waals surface area (Å²) in [4.78, 5) is 12.7. The Morgan fingerprint density at radius 2 is 1.90 bits per heavy atom. The SMILES string of the molecule is COc1ccc2cc(C(C)C(=O)N/N=C(\C)c3cccc(-n4cnnn4)c3)ccc2c1. The van der Waals surface area contributed by atoms with E-state index in [0.717, 1.165) is 33.3 Å². The van der Waals surface area contributed by atoms with Crippen molar-refractivity contribution in [3.63, 3.8) is 0 Å². The summed E-state index contributed by atoms with van der Waals surface area (Å²) in [7, 11) is 1.65. The Labute approximate surface area is 179 Å². The van der Waals surface area contributed by atoms with Crippen LogP contribution in [0.2, 0.25) is 0 Å². The third-order valence-corrected chi connectivity index (χ3v) is 5.18. The zero-order valence-corrected chi connectivity index (χ0v) is 17.5. The second-order valence-electron chi connectivity index (χ2n) is 7.17. The van der Waals surface area contributed by atoms with E-state index in [1.807, 2.05) is 74.5 Å². The summed E-state index contributed by atoms with van der Waals surface area (Å²) >= 11 is 0. The number of fused-ring (bicyclic) bond motifs is 1. The fraction of sp³-hybridized carbons (Fsp3) is 0.174. The molecule has 1 atom stereocenters. The van der Waals surface area contributed by atoms with Crippen LogP contribution in [0, 0.1) is 0 Å². The first-order valence-electron chi connectivity index (χ1n) is 9.81. The van der Waals surface area contributed by atoms with E-state index in [4.69, 9.17) is 4.74 Å². The van der Waals surface area contributed by atoms with E-state index in [2.05, 4.69) is 26.1 Å². The van der Waals surface area contributed by atoms with Crippen LogP contribution in [0.5, 0.6) is 5.75 Å². The van der Waals surface area contributed by atoms with Gasteiger partial charge in [0, 0.05) is 0 Å². The topological polar surface area (TPSA) is 94.3 Å². The molecule has 8 nitrogen and oxygen atoms in total. The minimum Gasteiger partial charge on any atom is -0.497 e. The molecule has 31 heavy (non-hydrogen) atoms. The minimum absolute atomic E-state index is 0.177. The van der Waals surface area contributed by atoms with Gasteiger partial charge in [-0.25, -0.2) is 10.1 Å². The summed E-state index contributed by atoms with van der Waals surface area (Å²) < 4.78 is 6.83. The third kappa shape index (κ3) is 4.42. The van der Waals surface area contributed by atoms with Gasteiger partial charge in [0.15, 0.2) is 0 Å². The zero-order valence-electron chi connectivity index (χ0n) is 17.5. The van der Waals surface area contributed by atoms with Gasteiger partial charge < -0.3 is 4.74 Å². The number of carbonyl (C=O) groups excluding carboxylic acids is 1. The first-order valence-corrected chi connectivity index (χ1v) is 9.81. The molecule has 1 aromatic heterocycles. The quantitative estimate of drug-likeness (QED) is 0.385. The number of rotatable bonds is 6. The molecule has 0 spiro atoms. The molecule has 0 saturated carbocycles. The molecule has 156 valence electrons. The molecule has 1 heterocycles. The lowest BCUT2D eigenvalue weighted by Crippen LogP contribution is -2.24. The third-order valence-electron chi connectivity index (χ3n) is 5.18. The van der Waals surface area contributed by atoms with E-state index >= 15 is 0 Å². The lowest BCUT2D eigenvalue weighted by atomic mass is 9.97. The maximum atomic E-state index is 12.7. The molecule has 4 rings (SSSR count). The van der Waals surface area contributed by atoms with Crippen molar-refractivity contribution in [2.45, 2.75) is 19.8 Å². The normalized spacial score (nSPS) is 12.5. The Balaban J connectivity index is 1.48. The number of nitrogens with one attached hydrogen (secondary N) is 1. The smallest absolute Gasteiger partial charge is 0.247 e. The van der Waals surface area contributed by atoms with E-state index in [-0.39, 0.29) is 11.8 Å². The van der Waals surface area contributed by atoms with E-state index in [9.17, 15) is 4.79 Å². The molecule has 8 heteroatoms. The summed E-state index contributed by atoms with van der Waals surface area (Å²) in [6.07, 6.45) is 1.52. The van der Waals surface area contributed by atoms with Crippen molar-refractivity contribution in [3.8, 4) is 11.4 Å². The van der Waals surface area contributed by atoms with Gasteiger partial charge in [-0.2, -0.15) is 5.10 Å². The number of nitrogens with zero attached hydrogens (tertiary/aromatic N) is 5. The molecule has 1 amide bonds. The number of benzene rings is 3. The van der Waals surface area contributed by atoms with Gasteiger partial charge in [-0.15, -0.1) is 5.10 Å². The number of amides is 1. The zero-order chi connectivity index (χ0) is 21.8. The molecule has 0 fully saturated rings. The maximum Gasteiger partial charge on any atom is 0.247 e. The molecule has 0 aliphatic carbocycles. The van der Waals surface area contributed by atoms with Crippen molar-refractivity contribution in [2.75, 3.05) is 7.11 Å². The molecule has 0 aliphatic rings. The van der Waals surface area contributed by atoms with Gasteiger partial charge in [0.1, 0.15) is 12.1 Å². The van der Waals surface area contributed by atoms with E-state index in [1.54, 1.807) is 11.8 Å². The number of carbonyl (C=O) groups is 1. The summed E-state index contributed by atoms with van der Waals surface area (Å²) in [5.74, 6) is 0.277. The average molecular weight is 414 g/mol. The van der Waals surface area contributed by atoms with E-state index in [1.165, 1.54) is 6.33 Å². The Morgan fingerprint density at radius 3 is 2.68 bits per heavy atom. The van der Waals surface area contributed by atoms with Crippen LogP contribution >= 0.6 is 0 Å². The van der Waals surface area contributed by atoms with Crippen LogP contribution < -0.4 is 10.2 Å². The molecule has 3 aromatic carbocycles. The van der Waals surface area contributed by atoms with Gasteiger partial charge in [0.25, 0.3) is 0 Å². The molecule has 4 aromatic rings. The number of tetrazole rings is 1. The van der Waals surface area contributed by atoms with Crippen LogP contribution in [0.4, 0.5) is 0 Å². The molecule has 0 aliphatic heterocycles. The van der Waals surface area contributed by atoms with Gasteiger partial charge in [-0.05, 0) is 70.4 Å². The fourth-order valence-electron chi connectivity index (χ4n) is 3.24. The van der Waals surface area contributed by atoms with Crippen molar-refractivity contribution in [3.05, 3.63) is 78.1 Å². The van der Waals surface area contributed by atoms with E-state index < -0.39 is 0 Å². The van der Waals surface area contributed by atoms with Gasteiger partial charge in [0.2, 0.25) is 5.91 Å². The number of ether oxygens (including phenoxy) is 1. The van der Waals surface area contributed by atoms with Crippen LogP contribution in [0.15, 0.2) is 72.1 Å². The molecule has 0 bridgehead atoms. The van der Waals surface area contributed by atoms with Crippen LogP contribution in [-0.4, -0.2) is 38.9 Å². The summed E-state index contributed by atoms with van der Waals surface area (Å²) in [5.41, 5.74) is 5.95. The Kier molecular flexibility index (Phi) is 5.70. The van der Waals surface area contributed by atoms with Crippen molar-refractivity contribution < 1.29 is 9.53 Å². The predicted molar refractivity (Wildman–Crippen MR) is 118 cm³/mol. The summed E-state index contributed by atoms with van der Waals surface area (Å²) in [6, 6.07) is 19.4. The molecule has 0 saturated heterocycles. The number of hydrogen-bond donors (Lipinski definition) is 1. The highest BCUT2D eigenvalue weighted by Gasteiger charge is 2.15. The van der Waals surface area contributed by atoms with Crippen molar-refractivity contribution >= 4 is 22.4 Å². The molecule has 1 unspecified atom stereocenters. The number of methoxy groups -OCH3 is 1. The highest BCUT2D eigenvalue weighted by atomic mass is 16.5. The number of hydrazone groups is 1. The summed E-state index contributed by atoms with van der Waals surface area (Å²) in [6.45, 7) is 3.70. The monoisotopic (exact) mass is 414 g/mol. The maximum absolute atomic E-state index is 12.7. The van der Waals surface area contributed by atoms with Gasteiger partial charge in [0.05, 0.1) is 24.4 Å². The first-order chi connectivity index (χ1) is 15.0. The van der Waals surface area contributed by atoms with Gasteiger partial charge in [-0.3, -0.25) is 4.79 Å². The van der Waals surface area contributed by atoms with Crippen LogP contribution in [0.1, 0.15) is 30.9 Å². The number of aromatic nitrogens is 4. The number of hydrogen-bond acceptors (Lipinski definition) is 6. The van der Waals surface area contributed by atoms with Crippen molar-refractivity contribution in [1.82, 2.24) is 25.6 Å². The Morgan fingerprint density at radius 1 is 1.10 bits per heavy atom. The largest absolute Gasteiger partial charge is 0.497 e.